The molecule has 1 N–H and O–H groups in total. The van der Waals surface area contributed by atoms with Gasteiger partial charge >= 0.3 is 0 Å². The zero-order chi connectivity index (χ0) is 13.0. The molecule has 2 unspecified atom stereocenters. The first-order valence-corrected chi connectivity index (χ1v) is 8.01. The molecule has 2 heteroatoms. The van der Waals surface area contributed by atoms with Gasteiger partial charge in [-0.1, -0.05) is 20.8 Å². The van der Waals surface area contributed by atoms with Crippen LogP contribution >= 0.6 is 0 Å². The monoisotopic (exact) mass is 252 g/mol. The van der Waals surface area contributed by atoms with E-state index in [1.165, 1.54) is 64.7 Å². The molecular formula is C16H32N2. The molecule has 1 saturated carbocycles. The van der Waals surface area contributed by atoms with Gasteiger partial charge in [0.1, 0.15) is 0 Å². The highest BCUT2D eigenvalue weighted by Crippen LogP contribution is 2.38. The standard InChI is InChI=1S/C16H32N2/c1-14-11-15(13-16(2,3)12-14)17-7-6-10-18-8-4-5-9-18/h14-15,17H,4-13H2,1-3H3. The molecule has 2 nitrogen and oxygen atoms in total. The van der Waals surface area contributed by atoms with Crippen LogP contribution in [0, 0.1) is 11.3 Å². The van der Waals surface area contributed by atoms with Crippen molar-refractivity contribution in [3.8, 4) is 0 Å². The van der Waals surface area contributed by atoms with Crippen LogP contribution in [0.4, 0.5) is 0 Å². The quantitative estimate of drug-likeness (QED) is 0.755. The van der Waals surface area contributed by atoms with Gasteiger partial charge in [0.15, 0.2) is 0 Å². The zero-order valence-corrected chi connectivity index (χ0v) is 12.7. The summed E-state index contributed by atoms with van der Waals surface area (Å²) in [7, 11) is 0. The van der Waals surface area contributed by atoms with Crippen molar-refractivity contribution in [1.29, 1.82) is 0 Å². The topological polar surface area (TPSA) is 15.3 Å². The Morgan fingerprint density at radius 3 is 2.56 bits per heavy atom. The summed E-state index contributed by atoms with van der Waals surface area (Å²) in [5.41, 5.74) is 0.546. The van der Waals surface area contributed by atoms with Crippen LogP contribution in [0.5, 0.6) is 0 Å². The van der Waals surface area contributed by atoms with E-state index in [1.807, 2.05) is 0 Å². The van der Waals surface area contributed by atoms with E-state index in [0.717, 1.165) is 12.0 Å². The number of rotatable bonds is 5. The fourth-order valence-electron chi connectivity index (χ4n) is 4.12. The van der Waals surface area contributed by atoms with Crippen LogP contribution in [0.3, 0.4) is 0 Å². The summed E-state index contributed by atoms with van der Waals surface area (Å²) in [6.07, 6.45) is 8.31. The van der Waals surface area contributed by atoms with Gasteiger partial charge < -0.3 is 10.2 Å². The van der Waals surface area contributed by atoms with Crippen molar-refractivity contribution >= 4 is 0 Å². The number of nitrogens with zero attached hydrogens (tertiary/aromatic N) is 1. The minimum Gasteiger partial charge on any atom is -0.314 e. The SMILES string of the molecule is CC1CC(NCCCN2CCCC2)CC(C)(C)C1. The molecule has 2 atom stereocenters. The Morgan fingerprint density at radius 1 is 1.17 bits per heavy atom. The molecule has 1 saturated heterocycles. The molecule has 0 aromatic heterocycles. The third kappa shape index (κ3) is 4.55. The van der Waals surface area contributed by atoms with Crippen molar-refractivity contribution in [2.75, 3.05) is 26.2 Å². The molecule has 0 bridgehead atoms. The fraction of sp³-hybridized carbons (Fsp3) is 1.00. The molecule has 2 fully saturated rings. The van der Waals surface area contributed by atoms with E-state index in [4.69, 9.17) is 0 Å². The Bertz CT molecular complexity index is 243. The summed E-state index contributed by atoms with van der Waals surface area (Å²) < 4.78 is 0. The normalized spacial score (nSPS) is 32.8. The molecule has 0 radical (unpaired) electrons. The predicted molar refractivity (Wildman–Crippen MR) is 78.9 cm³/mol. The Hall–Kier alpha value is -0.0800. The molecule has 0 aromatic carbocycles. The largest absolute Gasteiger partial charge is 0.314 e. The van der Waals surface area contributed by atoms with Crippen molar-refractivity contribution in [3.05, 3.63) is 0 Å². The number of hydrogen-bond acceptors (Lipinski definition) is 2. The summed E-state index contributed by atoms with van der Waals surface area (Å²) in [5, 5.41) is 3.80. The maximum absolute atomic E-state index is 3.80. The molecule has 106 valence electrons. The van der Waals surface area contributed by atoms with Crippen LogP contribution in [-0.2, 0) is 0 Å². The van der Waals surface area contributed by atoms with E-state index in [-0.39, 0.29) is 0 Å². The first-order chi connectivity index (χ1) is 8.55. The number of likely N-dealkylation sites (tertiary alicyclic amines) is 1. The third-order valence-electron chi connectivity index (χ3n) is 4.67. The Balaban J connectivity index is 1.60. The lowest BCUT2D eigenvalue weighted by Crippen LogP contribution is -2.41. The van der Waals surface area contributed by atoms with E-state index in [0.29, 0.717) is 5.41 Å². The van der Waals surface area contributed by atoms with E-state index >= 15 is 0 Å². The van der Waals surface area contributed by atoms with Gasteiger partial charge in [0.2, 0.25) is 0 Å². The van der Waals surface area contributed by atoms with Gasteiger partial charge in [0, 0.05) is 6.04 Å². The predicted octanol–water partition coefficient (Wildman–Crippen LogP) is 3.28. The Morgan fingerprint density at radius 2 is 1.89 bits per heavy atom. The summed E-state index contributed by atoms with van der Waals surface area (Å²) in [5.74, 6) is 0.893. The molecule has 0 spiro atoms. The van der Waals surface area contributed by atoms with E-state index < -0.39 is 0 Å². The molecular weight excluding hydrogens is 220 g/mol. The van der Waals surface area contributed by atoms with Gasteiger partial charge in [-0.05, 0) is 76.0 Å². The van der Waals surface area contributed by atoms with Crippen LogP contribution < -0.4 is 5.32 Å². The molecule has 0 aromatic rings. The van der Waals surface area contributed by atoms with Gasteiger partial charge in [-0.2, -0.15) is 0 Å². The van der Waals surface area contributed by atoms with Crippen molar-refractivity contribution in [3.63, 3.8) is 0 Å². The Kier molecular flexibility index (Phi) is 5.08. The van der Waals surface area contributed by atoms with Crippen LogP contribution in [0.1, 0.15) is 59.3 Å². The molecule has 0 amide bonds. The second kappa shape index (κ2) is 6.38. The third-order valence-corrected chi connectivity index (χ3v) is 4.67. The zero-order valence-electron chi connectivity index (χ0n) is 12.7. The molecule has 1 aliphatic heterocycles. The van der Waals surface area contributed by atoms with E-state index in [2.05, 4.69) is 31.0 Å². The second-order valence-corrected chi connectivity index (χ2v) is 7.47. The first kappa shape index (κ1) is 14.3. The highest BCUT2D eigenvalue weighted by atomic mass is 15.1. The Labute approximate surface area is 114 Å². The van der Waals surface area contributed by atoms with Crippen molar-refractivity contribution in [1.82, 2.24) is 10.2 Å². The maximum Gasteiger partial charge on any atom is 0.00746 e. The van der Waals surface area contributed by atoms with Gasteiger partial charge in [0.25, 0.3) is 0 Å². The summed E-state index contributed by atoms with van der Waals surface area (Å²) in [6, 6.07) is 0.766. The summed E-state index contributed by atoms with van der Waals surface area (Å²) in [4.78, 5) is 2.62. The van der Waals surface area contributed by atoms with Crippen LogP contribution in [0.25, 0.3) is 0 Å². The van der Waals surface area contributed by atoms with Crippen LogP contribution in [0.2, 0.25) is 0 Å². The van der Waals surface area contributed by atoms with Crippen LogP contribution in [0.15, 0.2) is 0 Å². The number of hydrogen-bond donors (Lipinski definition) is 1. The average molecular weight is 252 g/mol. The highest BCUT2D eigenvalue weighted by molar-refractivity contribution is 4.86. The lowest BCUT2D eigenvalue weighted by molar-refractivity contribution is 0.151. The smallest absolute Gasteiger partial charge is 0.00746 e. The van der Waals surface area contributed by atoms with Gasteiger partial charge in [-0.3, -0.25) is 0 Å². The van der Waals surface area contributed by atoms with Gasteiger partial charge in [-0.25, -0.2) is 0 Å². The van der Waals surface area contributed by atoms with E-state index in [1.54, 1.807) is 0 Å². The molecule has 1 heterocycles. The molecule has 2 aliphatic rings. The van der Waals surface area contributed by atoms with E-state index in [9.17, 15) is 0 Å². The van der Waals surface area contributed by atoms with Crippen molar-refractivity contribution < 1.29 is 0 Å². The van der Waals surface area contributed by atoms with Crippen molar-refractivity contribution in [2.45, 2.75) is 65.3 Å². The highest BCUT2D eigenvalue weighted by Gasteiger charge is 2.31. The van der Waals surface area contributed by atoms with Crippen molar-refractivity contribution in [2.24, 2.45) is 11.3 Å². The number of nitrogens with one attached hydrogen (secondary N) is 1. The molecule has 1 aliphatic carbocycles. The van der Waals surface area contributed by atoms with Gasteiger partial charge in [-0.15, -0.1) is 0 Å². The molecule has 2 rings (SSSR count). The lowest BCUT2D eigenvalue weighted by Gasteiger charge is -2.39. The second-order valence-electron chi connectivity index (χ2n) is 7.47. The fourth-order valence-corrected chi connectivity index (χ4v) is 4.12. The summed E-state index contributed by atoms with van der Waals surface area (Å²) >= 11 is 0. The summed E-state index contributed by atoms with van der Waals surface area (Å²) in [6.45, 7) is 12.5. The lowest BCUT2D eigenvalue weighted by atomic mass is 9.70. The minimum absolute atomic E-state index is 0.546. The van der Waals surface area contributed by atoms with Crippen LogP contribution in [-0.4, -0.2) is 37.1 Å². The minimum atomic E-state index is 0.546. The van der Waals surface area contributed by atoms with Gasteiger partial charge in [0.05, 0.1) is 0 Å². The molecule has 18 heavy (non-hydrogen) atoms. The average Bonchev–Trinajstić information content (AvgIpc) is 2.74. The maximum atomic E-state index is 3.80. The first-order valence-electron chi connectivity index (χ1n) is 8.01.